The van der Waals surface area contributed by atoms with E-state index in [4.69, 9.17) is 15.6 Å². The molecular weight excluding hydrogens is 302 g/mol. The van der Waals surface area contributed by atoms with Crippen LogP contribution in [0.4, 0.5) is 0 Å². The van der Waals surface area contributed by atoms with Gasteiger partial charge >= 0.3 is 5.97 Å². The Hall–Kier alpha value is -1.67. The second kappa shape index (κ2) is 9.46. The summed E-state index contributed by atoms with van der Waals surface area (Å²) in [5, 5.41) is 14.2. The fraction of sp³-hybridized carbons (Fsp3) is 0.800. The summed E-state index contributed by atoms with van der Waals surface area (Å²) < 4.78 is 4.80. The van der Waals surface area contributed by atoms with Crippen molar-refractivity contribution in [2.24, 2.45) is 11.7 Å². The highest BCUT2D eigenvalue weighted by molar-refractivity contribution is 5.95. The smallest absolute Gasteiger partial charge is 0.336 e. The van der Waals surface area contributed by atoms with Gasteiger partial charge in [-0.3, -0.25) is 9.59 Å². The Balaban J connectivity index is 2.47. The van der Waals surface area contributed by atoms with Crippen LogP contribution in [0.15, 0.2) is 0 Å². The summed E-state index contributed by atoms with van der Waals surface area (Å²) in [5.74, 6) is -2.05. The SMILES string of the molecule is CCC(C)C(NC(=O)[C@H]1O[C@@H]1C(=O)O)C(=O)NCCCCCN. The highest BCUT2D eigenvalue weighted by Gasteiger charge is 2.51. The Kier molecular flexibility index (Phi) is 7.97. The van der Waals surface area contributed by atoms with E-state index in [-0.39, 0.29) is 11.8 Å². The van der Waals surface area contributed by atoms with Crippen LogP contribution in [0.3, 0.4) is 0 Å². The van der Waals surface area contributed by atoms with E-state index in [1.165, 1.54) is 0 Å². The van der Waals surface area contributed by atoms with Crippen LogP contribution in [-0.2, 0) is 19.1 Å². The van der Waals surface area contributed by atoms with Crippen molar-refractivity contribution in [3.8, 4) is 0 Å². The number of nitrogens with two attached hydrogens (primary N) is 1. The first-order chi connectivity index (χ1) is 10.9. The van der Waals surface area contributed by atoms with E-state index >= 15 is 0 Å². The Morgan fingerprint density at radius 2 is 1.91 bits per heavy atom. The van der Waals surface area contributed by atoms with E-state index in [9.17, 15) is 14.4 Å². The van der Waals surface area contributed by atoms with Gasteiger partial charge in [0, 0.05) is 6.54 Å². The van der Waals surface area contributed by atoms with Gasteiger partial charge in [-0.1, -0.05) is 26.7 Å². The number of unbranched alkanes of at least 4 members (excludes halogenated alkanes) is 2. The van der Waals surface area contributed by atoms with Crippen molar-refractivity contribution in [3.05, 3.63) is 0 Å². The topological polar surface area (TPSA) is 134 Å². The second-order valence-electron chi connectivity index (χ2n) is 5.83. The van der Waals surface area contributed by atoms with E-state index in [0.717, 1.165) is 19.3 Å². The third kappa shape index (κ3) is 6.15. The molecule has 0 bridgehead atoms. The molecule has 1 saturated heterocycles. The predicted molar refractivity (Wildman–Crippen MR) is 83.6 cm³/mol. The summed E-state index contributed by atoms with van der Waals surface area (Å²) in [6, 6.07) is -0.694. The summed E-state index contributed by atoms with van der Waals surface area (Å²) in [5.41, 5.74) is 5.41. The molecule has 0 aromatic carbocycles. The number of aliphatic carboxylic acids is 1. The molecule has 0 aromatic rings. The molecule has 8 heteroatoms. The zero-order valence-electron chi connectivity index (χ0n) is 13.7. The summed E-state index contributed by atoms with van der Waals surface area (Å²) in [7, 11) is 0. The van der Waals surface area contributed by atoms with Gasteiger partial charge in [0.15, 0.2) is 12.2 Å². The molecule has 0 spiro atoms. The maximum absolute atomic E-state index is 12.3. The van der Waals surface area contributed by atoms with Gasteiger partial charge in [0.2, 0.25) is 5.91 Å². The Labute approximate surface area is 136 Å². The monoisotopic (exact) mass is 329 g/mol. The number of carbonyl (C=O) groups is 3. The third-order valence-corrected chi connectivity index (χ3v) is 3.97. The lowest BCUT2D eigenvalue weighted by Gasteiger charge is -2.23. The van der Waals surface area contributed by atoms with Crippen LogP contribution in [0.2, 0.25) is 0 Å². The van der Waals surface area contributed by atoms with E-state index in [1.54, 1.807) is 0 Å². The van der Waals surface area contributed by atoms with E-state index < -0.39 is 30.1 Å². The average Bonchev–Trinajstić information content (AvgIpc) is 3.32. The van der Waals surface area contributed by atoms with Crippen LogP contribution in [-0.4, -0.2) is 54.2 Å². The molecule has 23 heavy (non-hydrogen) atoms. The number of carbonyl (C=O) groups excluding carboxylic acids is 2. The number of carboxylic acids is 1. The molecule has 1 aliphatic rings. The summed E-state index contributed by atoms with van der Waals surface area (Å²) in [4.78, 5) is 35.0. The fourth-order valence-corrected chi connectivity index (χ4v) is 2.20. The largest absolute Gasteiger partial charge is 0.479 e. The molecule has 0 aliphatic carbocycles. The molecule has 1 heterocycles. The van der Waals surface area contributed by atoms with Gasteiger partial charge in [-0.05, 0) is 25.3 Å². The van der Waals surface area contributed by atoms with Gasteiger partial charge in [-0.15, -0.1) is 0 Å². The molecule has 0 saturated carbocycles. The molecule has 0 aromatic heterocycles. The normalized spacial score (nSPS) is 22.0. The number of ether oxygens (including phenoxy) is 1. The first-order valence-electron chi connectivity index (χ1n) is 8.08. The number of epoxide rings is 1. The first-order valence-corrected chi connectivity index (χ1v) is 8.08. The summed E-state index contributed by atoms with van der Waals surface area (Å²) in [6.45, 7) is 4.94. The van der Waals surface area contributed by atoms with Crippen LogP contribution in [0.1, 0.15) is 39.5 Å². The van der Waals surface area contributed by atoms with E-state index in [1.807, 2.05) is 13.8 Å². The Morgan fingerprint density at radius 3 is 2.43 bits per heavy atom. The van der Waals surface area contributed by atoms with Crippen LogP contribution in [0, 0.1) is 5.92 Å². The number of rotatable bonds is 11. The number of carboxylic acid groups (broad SMARTS) is 1. The van der Waals surface area contributed by atoms with Crippen molar-refractivity contribution >= 4 is 17.8 Å². The van der Waals surface area contributed by atoms with Crippen molar-refractivity contribution in [1.82, 2.24) is 10.6 Å². The maximum Gasteiger partial charge on any atom is 0.336 e. The van der Waals surface area contributed by atoms with Crippen molar-refractivity contribution in [3.63, 3.8) is 0 Å². The van der Waals surface area contributed by atoms with E-state index in [0.29, 0.717) is 19.5 Å². The highest BCUT2D eigenvalue weighted by atomic mass is 16.6. The zero-order chi connectivity index (χ0) is 17.4. The highest BCUT2D eigenvalue weighted by Crippen LogP contribution is 2.23. The molecule has 1 rings (SSSR count). The molecular formula is C15H27N3O5. The number of nitrogens with one attached hydrogen (secondary N) is 2. The van der Waals surface area contributed by atoms with Gasteiger partial charge in [0.25, 0.3) is 5.91 Å². The Bertz CT molecular complexity index is 429. The fourth-order valence-electron chi connectivity index (χ4n) is 2.20. The van der Waals surface area contributed by atoms with Crippen molar-refractivity contribution in [2.75, 3.05) is 13.1 Å². The average molecular weight is 329 g/mol. The van der Waals surface area contributed by atoms with Crippen molar-refractivity contribution in [1.29, 1.82) is 0 Å². The molecule has 132 valence electrons. The lowest BCUT2D eigenvalue weighted by atomic mass is 9.98. The third-order valence-electron chi connectivity index (χ3n) is 3.97. The standard InChI is InChI=1S/C15H27N3O5/c1-3-9(2)10(13(19)17-8-6-4-5-7-16)18-14(20)11-12(23-11)15(21)22/h9-12H,3-8,16H2,1-2H3,(H,17,19)(H,18,20)(H,21,22)/t9?,10?,11-,12-/m0/s1. The first kappa shape index (κ1) is 19.4. The van der Waals surface area contributed by atoms with Crippen LogP contribution < -0.4 is 16.4 Å². The van der Waals surface area contributed by atoms with Crippen molar-refractivity contribution in [2.45, 2.75) is 57.8 Å². The molecule has 2 amide bonds. The minimum absolute atomic E-state index is 0.0648. The molecule has 2 unspecified atom stereocenters. The second-order valence-corrected chi connectivity index (χ2v) is 5.83. The zero-order valence-corrected chi connectivity index (χ0v) is 13.7. The minimum Gasteiger partial charge on any atom is -0.479 e. The van der Waals surface area contributed by atoms with Gasteiger partial charge in [-0.25, -0.2) is 4.79 Å². The van der Waals surface area contributed by atoms with Gasteiger partial charge in [-0.2, -0.15) is 0 Å². The molecule has 1 fully saturated rings. The molecule has 8 nitrogen and oxygen atoms in total. The van der Waals surface area contributed by atoms with Gasteiger partial charge in [0.1, 0.15) is 6.04 Å². The number of amides is 2. The predicted octanol–water partition coefficient (Wildman–Crippen LogP) is -0.385. The van der Waals surface area contributed by atoms with Gasteiger partial charge < -0.3 is 26.2 Å². The molecule has 5 N–H and O–H groups in total. The number of hydrogen-bond donors (Lipinski definition) is 4. The van der Waals surface area contributed by atoms with Crippen LogP contribution in [0.25, 0.3) is 0 Å². The van der Waals surface area contributed by atoms with Crippen molar-refractivity contribution < 1.29 is 24.2 Å². The quantitative estimate of drug-likeness (QED) is 0.301. The minimum atomic E-state index is -1.17. The lowest BCUT2D eigenvalue weighted by Crippen LogP contribution is -2.51. The van der Waals surface area contributed by atoms with Crippen LogP contribution >= 0.6 is 0 Å². The Morgan fingerprint density at radius 1 is 1.22 bits per heavy atom. The summed E-state index contributed by atoms with van der Waals surface area (Å²) in [6.07, 6.45) is 1.28. The molecule has 0 radical (unpaired) electrons. The van der Waals surface area contributed by atoms with E-state index in [2.05, 4.69) is 10.6 Å². The molecule has 1 aliphatic heterocycles. The molecule has 4 atom stereocenters. The summed E-state index contributed by atoms with van der Waals surface area (Å²) >= 11 is 0. The van der Waals surface area contributed by atoms with Gasteiger partial charge in [0.05, 0.1) is 0 Å². The maximum atomic E-state index is 12.3. The lowest BCUT2D eigenvalue weighted by molar-refractivity contribution is -0.138. The number of hydrogen-bond acceptors (Lipinski definition) is 5. The van der Waals surface area contributed by atoms with Crippen LogP contribution in [0.5, 0.6) is 0 Å².